The van der Waals surface area contributed by atoms with Crippen molar-refractivity contribution in [2.24, 2.45) is 0 Å². The summed E-state index contributed by atoms with van der Waals surface area (Å²) >= 11 is 0. The van der Waals surface area contributed by atoms with Crippen molar-refractivity contribution in [2.75, 3.05) is 6.61 Å². The minimum absolute atomic E-state index is 0.295. The minimum Gasteiger partial charge on any atom is -0.387 e. The quantitative estimate of drug-likeness (QED) is 0.735. The number of fused-ring (bicyclic) bond motifs is 1. The third-order valence-electron chi connectivity index (χ3n) is 3.45. The monoisotopic (exact) mass is 260 g/mol. The van der Waals surface area contributed by atoms with Crippen LogP contribution in [0, 0.1) is 0 Å². The van der Waals surface area contributed by atoms with Crippen LogP contribution in [-0.2, 0) is 23.7 Å². The van der Waals surface area contributed by atoms with E-state index in [1.165, 1.54) is 0 Å². The van der Waals surface area contributed by atoms with Crippen molar-refractivity contribution in [1.82, 2.24) is 0 Å². The number of aliphatic hydroxyl groups excluding tert-OH is 1. The van der Waals surface area contributed by atoms with Crippen LogP contribution in [0.5, 0.6) is 0 Å². The van der Waals surface area contributed by atoms with E-state index in [1.807, 2.05) is 13.8 Å². The molecular weight excluding hydrogens is 240 g/mol. The Hall–Kier alpha value is -0.240. The van der Waals surface area contributed by atoms with Gasteiger partial charge in [0.25, 0.3) is 0 Å². The second-order valence-corrected chi connectivity index (χ2v) is 5.93. The van der Waals surface area contributed by atoms with Gasteiger partial charge in [0.05, 0.1) is 6.61 Å². The maximum atomic E-state index is 10.3. The van der Waals surface area contributed by atoms with Gasteiger partial charge in [-0.2, -0.15) is 0 Å². The Bertz CT molecular complexity index is 341. The molecule has 0 amide bonds. The molecule has 1 N–H and O–H groups in total. The first-order chi connectivity index (χ1) is 8.27. The molecule has 3 aliphatic rings. The molecule has 0 aliphatic carbocycles. The van der Waals surface area contributed by atoms with Gasteiger partial charge in [-0.3, -0.25) is 0 Å². The average molecular weight is 260 g/mol. The van der Waals surface area contributed by atoms with Crippen molar-refractivity contribution in [3.8, 4) is 0 Å². The Morgan fingerprint density at radius 2 is 1.67 bits per heavy atom. The second-order valence-electron chi connectivity index (χ2n) is 5.93. The van der Waals surface area contributed by atoms with Crippen LogP contribution in [0.1, 0.15) is 27.7 Å². The Morgan fingerprint density at radius 3 is 2.22 bits per heavy atom. The highest BCUT2D eigenvalue weighted by Crippen LogP contribution is 2.40. The summed E-state index contributed by atoms with van der Waals surface area (Å²) < 4.78 is 28.1. The van der Waals surface area contributed by atoms with E-state index in [4.69, 9.17) is 23.7 Å². The largest absolute Gasteiger partial charge is 0.387 e. The van der Waals surface area contributed by atoms with Gasteiger partial charge in [-0.1, -0.05) is 0 Å². The van der Waals surface area contributed by atoms with Gasteiger partial charge in [0.15, 0.2) is 17.9 Å². The molecule has 0 radical (unpaired) electrons. The third kappa shape index (κ3) is 2.07. The molecule has 0 bridgehead atoms. The van der Waals surface area contributed by atoms with Crippen LogP contribution in [0.25, 0.3) is 0 Å². The number of rotatable bonds is 1. The van der Waals surface area contributed by atoms with Gasteiger partial charge >= 0.3 is 0 Å². The molecule has 3 heterocycles. The smallest absolute Gasteiger partial charge is 0.190 e. The highest BCUT2D eigenvalue weighted by molar-refractivity contribution is 4.97. The van der Waals surface area contributed by atoms with Gasteiger partial charge in [0, 0.05) is 0 Å². The summed E-state index contributed by atoms with van der Waals surface area (Å²) in [6.45, 7) is 7.68. The third-order valence-corrected chi connectivity index (χ3v) is 3.45. The molecule has 0 aromatic heterocycles. The fourth-order valence-corrected chi connectivity index (χ4v) is 2.70. The highest BCUT2D eigenvalue weighted by Gasteiger charge is 2.57. The molecule has 2 unspecified atom stereocenters. The predicted octanol–water partition coefficient (Wildman–Crippen LogP) is 0.375. The van der Waals surface area contributed by atoms with Crippen molar-refractivity contribution in [1.29, 1.82) is 0 Å². The zero-order valence-electron chi connectivity index (χ0n) is 11.1. The van der Waals surface area contributed by atoms with Crippen molar-refractivity contribution in [3.63, 3.8) is 0 Å². The molecule has 6 nitrogen and oxygen atoms in total. The van der Waals surface area contributed by atoms with Crippen LogP contribution in [0.2, 0.25) is 0 Å². The predicted molar refractivity (Wildman–Crippen MR) is 59.6 cm³/mol. The molecule has 3 fully saturated rings. The van der Waals surface area contributed by atoms with E-state index in [-0.39, 0.29) is 6.10 Å². The van der Waals surface area contributed by atoms with Crippen LogP contribution < -0.4 is 0 Å². The van der Waals surface area contributed by atoms with E-state index < -0.39 is 36.2 Å². The summed E-state index contributed by atoms with van der Waals surface area (Å²) in [5.74, 6) is -1.35. The molecule has 0 aromatic carbocycles. The van der Waals surface area contributed by atoms with Crippen LogP contribution in [0.3, 0.4) is 0 Å². The van der Waals surface area contributed by atoms with E-state index in [0.717, 1.165) is 0 Å². The average Bonchev–Trinajstić information content (AvgIpc) is 2.81. The Labute approximate surface area is 106 Å². The summed E-state index contributed by atoms with van der Waals surface area (Å²) in [7, 11) is 0. The first kappa shape index (κ1) is 12.8. The van der Waals surface area contributed by atoms with Crippen molar-refractivity contribution < 1.29 is 28.8 Å². The molecule has 104 valence electrons. The zero-order valence-corrected chi connectivity index (χ0v) is 11.1. The second kappa shape index (κ2) is 3.88. The van der Waals surface area contributed by atoms with Crippen molar-refractivity contribution in [2.45, 2.75) is 70.0 Å². The van der Waals surface area contributed by atoms with Gasteiger partial charge < -0.3 is 28.8 Å². The molecule has 5 atom stereocenters. The first-order valence-corrected chi connectivity index (χ1v) is 6.28. The van der Waals surface area contributed by atoms with Crippen LogP contribution in [-0.4, -0.2) is 54.0 Å². The van der Waals surface area contributed by atoms with Crippen molar-refractivity contribution >= 4 is 0 Å². The molecule has 3 rings (SSSR count). The van der Waals surface area contributed by atoms with E-state index in [0.29, 0.717) is 6.61 Å². The van der Waals surface area contributed by atoms with Gasteiger partial charge in [0.1, 0.15) is 24.4 Å². The van der Waals surface area contributed by atoms with Gasteiger partial charge in [0.2, 0.25) is 0 Å². The summed E-state index contributed by atoms with van der Waals surface area (Å²) in [5.41, 5.74) is 0. The Balaban J connectivity index is 1.68. The molecule has 6 heteroatoms. The SMILES string of the molecule is CC1(C)OCC([C@H]2O[C@@H]3OC(C)(C)OC3[C@H]2O)O1. The zero-order chi connectivity index (χ0) is 13.1. The van der Waals surface area contributed by atoms with Crippen molar-refractivity contribution in [3.05, 3.63) is 0 Å². The summed E-state index contributed by atoms with van der Waals surface area (Å²) in [5, 5.41) is 10.3. The highest BCUT2D eigenvalue weighted by atomic mass is 16.8. The van der Waals surface area contributed by atoms with Gasteiger partial charge in [-0.15, -0.1) is 0 Å². The molecule has 0 spiro atoms. The fraction of sp³-hybridized carbons (Fsp3) is 1.00. The molecule has 3 saturated heterocycles. The van der Waals surface area contributed by atoms with E-state index in [1.54, 1.807) is 13.8 Å². The lowest BCUT2D eigenvalue weighted by atomic mass is 10.1. The fourth-order valence-electron chi connectivity index (χ4n) is 2.70. The number of ether oxygens (including phenoxy) is 5. The Morgan fingerprint density at radius 1 is 0.944 bits per heavy atom. The number of hydrogen-bond acceptors (Lipinski definition) is 6. The lowest BCUT2D eigenvalue weighted by Crippen LogP contribution is -2.42. The lowest BCUT2D eigenvalue weighted by Gasteiger charge is -2.26. The summed E-state index contributed by atoms with van der Waals surface area (Å²) in [6, 6.07) is 0. The van der Waals surface area contributed by atoms with Gasteiger partial charge in [-0.25, -0.2) is 0 Å². The molecule has 0 aromatic rings. The Kier molecular flexibility index (Phi) is 2.75. The molecule has 0 saturated carbocycles. The maximum Gasteiger partial charge on any atom is 0.190 e. The van der Waals surface area contributed by atoms with Crippen LogP contribution >= 0.6 is 0 Å². The van der Waals surface area contributed by atoms with Crippen LogP contribution in [0.15, 0.2) is 0 Å². The van der Waals surface area contributed by atoms with Crippen LogP contribution in [0.4, 0.5) is 0 Å². The molecule has 18 heavy (non-hydrogen) atoms. The molecular formula is C12H20O6. The number of hydrogen-bond donors (Lipinski definition) is 1. The minimum atomic E-state index is -0.765. The van der Waals surface area contributed by atoms with E-state index in [9.17, 15) is 5.11 Å². The van der Waals surface area contributed by atoms with Gasteiger partial charge in [-0.05, 0) is 27.7 Å². The number of aliphatic hydroxyl groups is 1. The summed E-state index contributed by atoms with van der Waals surface area (Å²) in [4.78, 5) is 0. The maximum absolute atomic E-state index is 10.3. The lowest BCUT2D eigenvalue weighted by molar-refractivity contribution is -0.232. The summed E-state index contributed by atoms with van der Waals surface area (Å²) in [6.07, 6.45) is -2.53. The van der Waals surface area contributed by atoms with E-state index in [2.05, 4.69) is 0 Å². The molecule has 3 aliphatic heterocycles. The first-order valence-electron chi connectivity index (χ1n) is 6.28. The normalized spacial score (nSPS) is 49.5. The topological polar surface area (TPSA) is 66.4 Å². The standard InChI is InChI=1S/C12H20O6/c1-11(2)14-5-6(16-11)8-7(13)9-10(15-8)18-12(3,4)17-9/h6-10,13H,5H2,1-4H3/t6?,7-,8+,9?,10+/m0/s1. The van der Waals surface area contributed by atoms with E-state index >= 15 is 0 Å².